The van der Waals surface area contributed by atoms with E-state index in [-0.39, 0.29) is 11.9 Å². The molecule has 2 N–H and O–H groups in total. The summed E-state index contributed by atoms with van der Waals surface area (Å²) in [6.45, 7) is 0.768. The van der Waals surface area contributed by atoms with Gasteiger partial charge < -0.3 is 10.6 Å². The number of carbonyl (C=O) groups is 1. The molecule has 1 aromatic rings. The number of nitrogens with one attached hydrogen (secondary N) is 2. The summed E-state index contributed by atoms with van der Waals surface area (Å²) in [7, 11) is 0. The Hall–Kier alpha value is -2.02. The van der Waals surface area contributed by atoms with E-state index in [4.69, 9.17) is 5.26 Å². The maximum atomic E-state index is 11.5. The fourth-order valence-electron chi connectivity index (χ4n) is 1.75. The van der Waals surface area contributed by atoms with Gasteiger partial charge in [-0.3, -0.25) is 4.79 Å². The number of rotatable bonds is 2. The molecule has 1 heterocycles. The minimum Gasteiger partial charge on any atom is -0.374 e. The molecule has 2 rings (SSSR count). The molecule has 82 valence electrons. The first kappa shape index (κ1) is 10.5. The summed E-state index contributed by atoms with van der Waals surface area (Å²) in [5, 5.41) is 14.6. The predicted molar refractivity (Wildman–Crippen MR) is 60.8 cm³/mol. The molecule has 1 fully saturated rings. The second kappa shape index (κ2) is 4.67. The van der Waals surface area contributed by atoms with Gasteiger partial charge in [0.2, 0.25) is 5.91 Å². The number of piperidine rings is 1. The quantitative estimate of drug-likeness (QED) is 0.780. The normalized spacial score (nSPS) is 19.7. The van der Waals surface area contributed by atoms with Gasteiger partial charge in [0.25, 0.3) is 0 Å². The first-order valence-corrected chi connectivity index (χ1v) is 5.34. The zero-order valence-corrected chi connectivity index (χ0v) is 8.86. The highest BCUT2D eigenvalue weighted by Gasteiger charge is 2.21. The summed E-state index contributed by atoms with van der Waals surface area (Å²) in [5.74, 6) is 0.0515. The van der Waals surface area contributed by atoms with E-state index in [9.17, 15) is 4.79 Å². The number of nitrogens with zero attached hydrogens (tertiary/aromatic N) is 1. The number of benzene rings is 1. The average Bonchev–Trinajstić information content (AvgIpc) is 2.33. The van der Waals surface area contributed by atoms with Crippen LogP contribution in [-0.4, -0.2) is 18.5 Å². The Morgan fingerprint density at radius 3 is 2.75 bits per heavy atom. The van der Waals surface area contributed by atoms with Crippen molar-refractivity contribution in [3.05, 3.63) is 29.8 Å². The van der Waals surface area contributed by atoms with Gasteiger partial charge in [0.1, 0.15) is 6.04 Å². The van der Waals surface area contributed by atoms with Crippen molar-refractivity contribution in [2.24, 2.45) is 0 Å². The third-order valence-corrected chi connectivity index (χ3v) is 2.64. The molecule has 1 unspecified atom stereocenters. The Morgan fingerprint density at radius 1 is 1.38 bits per heavy atom. The van der Waals surface area contributed by atoms with Crippen molar-refractivity contribution >= 4 is 11.6 Å². The van der Waals surface area contributed by atoms with Gasteiger partial charge in [-0.15, -0.1) is 0 Å². The molecule has 1 saturated heterocycles. The minimum atomic E-state index is -0.151. The lowest BCUT2D eigenvalue weighted by Gasteiger charge is -2.23. The Kier molecular flexibility index (Phi) is 3.06. The van der Waals surface area contributed by atoms with Gasteiger partial charge in [-0.1, -0.05) is 0 Å². The molecule has 4 heteroatoms. The molecule has 4 nitrogen and oxygen atoms in total. The molecule has 0 aromatic heterocycles. The van der Waals surface area contributed by atoms with Gasteiger partial charge in [-0.25, -0.2) is 0 Å². The summed E-state index contributed by atoms with van der Waals surface area (Å²) in [4.78, 5) is 11.5. The van der Waals surface area contributed by atoms with E-state index in [2.05, 4.69) is 16.7 Å². The molecule has 1 aliphatic rings. The van der Waals surface area contributed by atoms with E-state index in [1.54, 1.807) is 12.1 Å². The lowest BCUT2D eigenvalue weighted by atomic mass is 10.1. The van der Waals surface area contributed by atoms with Crippen LogP contribution in [0.3, 0.4) is 0 Å². The van der Waals surface area contributed by atoms with Crippen LogP contribution >= 0.6 is 0 Å². The Morgan fingerprint density at radius 2 is 2.12 bits per heavy atom. The Balaban J connectivity index is 2.03. The van der Waals surface area contributed by atoms with Crippen LogP contribution in [0.15, 0.2) is 24.3 Å². The van der Waals surface area contributed by atoms with E-state index >= 15 is 0 Å². The highest BCUT2D eigenvalue weighted by Crippen LogP contribution is 2.13. The van der Waals surface area contributed by atoms with Gasteiger partial charge in [0.05, 0.1) is 11.6 Å². The summed E-state index contributed by atoms with van der Waals surface area (Å²) >= 11 is 0. The SMILES string of the molecule is N#Cc1ccc(NC2CCCNC2=O)cc1. The number of nitriles is 1. The molecule has 0 radical (unpaired) electrons. The number of carbonyl (C=O) groups excluding carboxylic acids is 1. The number of hydrogen-bond donors (Lipinski definition) is 2. The molecule has 1 amide bonds. The van der Waals surface area contributed by atoms with Crippen LogP contribution in [0.1, 0.15) is 18.4 Å². The fraction of sp³-hybridized carbons (Fsp3) is 0.333. The molecule has 0 bridgehead atoms. The summed E-state index contributed by atoms with van der Waals surface area (Å²) < 4.78 is 0. The molecule has 16 heavy (non-hydrogen) atoms. The van der Waals surface area contributed by atoms with E-state index in [0.717, 1.165) is 25.1 Å². The van der Waals surface area contributed by atoms with Crippen molar-refractivity contribution in [1.29, 1.82) is 5.26 Å². The Labute approximate surface area is 94.3 Å². The van der Waals surface area contributed by atoms with E-state index < -0.39 is 0 Å². The molecule has 1 aromatic carbocycles. The second-order valence-corrected chi connectivity index (χ2v) is 3.82. The van der Waals surface area contributed by atoms with Crippen LogP contribution in [0, 0.1) is 11.3 Å². The van der Waals surface area contributed by atoms with Gasteiger partial charge in [0.15, 0.2) is 0 Å². The topological polar surface area (TPSA) is 64.9 Å². The second-order valence-electron chi connectivity index (χ2n) is 3.82. The first-order valence-electron chi connectivity index (χ1n) is 5.34. The van der Waals surface area contributed by atoms with Gasteiger partial charge in [-0.05, 0) is 37.1 Å². The van der Waals surface area contributed by atoms with Gasteiger partial charge in [-0.2, -0.15) is 5.26 Å². The van der Waals surface area contributed by atoms with Crippen LogP contribution in [0.25, 0.3) is 0 Å². The van der Waals surface area contributed by atoms with Crippen LogP contribution in [0.4, 0.5) is 5.69 Å². The van der Waals surface area contributed by atoms with Crippen molar-refractivity contribution < 1.29 is 4.79 Å². The predicted octanol–water partition coefficient (Wildman–Crippen LogP) is 1.25. The summed E-state index contributed by atoms with van der Waals surface area (Å²) in [5.41, 5.74) is 1.50. The van der Waals surface area contributed by atoms with Crippen molar-refractivity contribution in [3.8, 4) is 6.07 Å². The maximum Gasteiger partial charge on any atom is 0.242 e. The summed E-state index contributed by atoms with van der Waals surface area (Å²) in [6.07, 6.45) is 1.85. The largest absolute Gasteiger partial charge is 0.374 e. The number of amides is 1. The highest BCUT2D eigenvalue weighted by atomic mass is 16.2. The van der Waals surface area contributed by atoms with E-state index in [1.165, 1.54) is 0 Å². The number of hydrogen-bond acceptors (Lipinski definition) is 3. The maximum absolute atomic E-state index is 11.5. The van der Waals surface area contributed by atoms with Crippen molar-refractivity contribution in [2.75, 3.05) is 11.9 Å². The zero-order chi connectivity index (χ0) is 11.4. The van der Waals surface area contributed by atoms with Crippen molar-refractivity contribution in [1.82, 2.24) is 5.32 Å². The van der Waals surface area contributed by atoms with Crippen LogP contribution in [0.2, 0.25) is 0 Å². The van der Waals surface area contributed by atoms with Crippen LogP contribution < -0.4 is 10.6 Å². The first-order chi connectivity index (χ1) is 7.79. The Bertz CT molecular complexity index is 419. The highest BCUT2D eigenvalue weighted by molar-refractivity contribution is 5.85. The molecule has 0 aliphatic carbocycles. The third kappa shape index (κ3) is 2.31. The zero-order valence-electron chi connectivity index (χ0n) is 8.86. The van der Waals surface area contributed by atoms with Crippen LogP contribution in [-0.2, 0) is 4.79 Å². The fourth-order valence-corrected chi connectivity index (χ4v) is 1.75. The lowest BCUT2D eigenvalue weighted by molar-refractivity contribution is -0.123. The van der Waals surface area contributed by atoms with Crippen molar-refractivity contribution in [3.63, 3.8) is 0 Å². The van der Waals surface area contributed by atoms with Gasteiger partial charge >= 0.3 is 0 Å². The molecule has 0 saturated carbocycles. The molecular formula is C12H13N3O. The molecule has 0 spiro atoms. The summed E-state index contributed by atoms with van der Waals surface area (Å²) in [6, 6.07) is 9.03. The standard InChI is InChI=1S/C12H13N3O/c13-8-9-3-5-10(6-4-9)15-11-2-1-7-14-12(11)16/h3-6,11,15H,1-2,7H2,(H,14,16). The van der Waals surface area contributed by atoms with Crippen molar-refractivity contribution in [2.45, 2.75) is 18.9 Å². The average molecular weight is 215 g/mol. The van der Waals surface area contributed by atoms with Crippen LogP contribution in [0.5, 0.6) is 0 Å². The van der Waals surface area contributed by atoms with E-state index in [1.807, 2.05) is 12.1 Å². The van der Waals surface area contributed by atoms with Gasteiger partial charge in [0, 0.05) is 12.2 Å². The smallest absolute Gasteiger partial charge is 0.242 e. The molecular weight excluding hydrogens is 202 g/mol. The third-order valence-electron chi connectivity index (χ3n) is 2.64. The lowest BCUT2D eigenvalue weighted by Crippen LogP contribution is -2.44. The molecule has 1 atom stereocenters. The molecule has 1 aliphatic heterocycles. The van der Waals surface area contributed by atoms with E-state index in [0.29, 0.717) is 5.56 Å². The monoisotopic (exact) mass is 215 g/mol. The minimum absolute atomic E-state index is 0.0515. The number of anilines is 1.